The lowest BCUT2D eigenvalue weighted by Gasteiger charge is -2.00. The van der Waals surface area contributed by atoms with Gasteiger partial charge in [-0.2, -0.15) is 0 Å². The molecule has 11 heavy (non-hydrogen) atoms. The Balaban J connectivity index is 2.49. The SMILES string of the molecule is Cc1cccc2c1CC(C)[CH]2. The third-order valence-corrected chi connectivity index (χ3v) is 2.44. The molecule has 2 rings (SSSR count). The molecule has 0 spiro atoms. The Hall–Kier alpha value is -0.780. The molecule has 0 aromatic heterocycles. The minimum atomic E-state index is 0.742. The average Bonchev–Trinajstić information content (AvgIpc) is 2.31. The highest BCUT2D eigenvalue weighted by atomic mass is 14.2. The van der Waals surface area contributed by atoms with Crippen LogP contribution in [0, 0.1) is 19.3 Å². The lowest BCUT2D eigenvalue weighted by atomic mass is 10.1. The summed E-state index contributed by atoms with van der Waals surface area (Å²) in [5.74, 6) is 0.742. The predicted molar refractivity (Wildman–Crippen MR) is 47.4 cm³/mol. The van der Waals surface area contributed by atoms with Gasteiger partial charge >= 0.3 is 0 Å². The van der Waals surface area contributed by atoms with Gasteiger partial charge in [0, 0.05) is 0 Å². The minimum Gasteiger partial charge on any atom is -0.0617 e. The van der Waals surface area contributed by atoms with Crippen LogP contribution in [0.4, 0.5) is 0 Å². The van der Waals surface area contributed by atoms with E-state index in [1.165, 1.54) is 17.5 Å². The number of benzene rings is 1. The Morgan fingerprint density at radius 2 is 2.18 bits per heavy atom. The molecule has 1 aliphatic carbocycles. The molecule has 0 nitrogen and oxygen atoms in total. The second-order valence-electron chi connectivity index (χ2n) is 3.49. The van der Waals surface area contributed by atoms with E-state index in [-0.39, 0.29) is 0 Å². The standard InChI is InChI=1S/C11H13/c1-8-6-10-5-3-4-9(2)11(10)7-8/h3-6,8H,7H2,1-2H3. The molecule has 0 amide bonds. The summed E-state index contributed by atoms with van der Waals surface area (Å²) in [5.41, 5.74) is 4.46. The van der Waals surface area contributed by atoms with Crippen LogP contribution in [-0.4, -0.2) is 0 Å². The summed E-state index contributed by atoms with van der Waals surface area (Å²) in [6, 6.07) is 6.55. The van der Waals surface area contributed by atoms with Crippen molar-refractivity contribution < 1.29 is 0 Å². The molecule has 0 fully saturated rings. The molecule has 0 N–H and O–H groups in total. The monoisotopic (exact) mass is 145 g/mol. The fourth-order valence-electron chi connectivity index (χ4n) is 1.85. The van der Waals surface area contributed by atoms with Gasteiger partial charge in [-0.25, -0.2) is 0 Å². The smallest absolute Gasteiger partial charge is 0.00586 e. The van der Waals surface area contributed by atoms with E-state index in [0.717, 1.165) is 5.92 Å². The van der Waals surface area contributed by atoms with Crippen molar-refractivity contribution in [3.05, 3.63) is 41.3 Å². The van der Waals surface area contributed by atoms with Crippen LogP contribution in [0.25, 0.3) is 0 Å². The molecule has 1 aromatic carbocycles. The Kier molecular flexibility index (Phi) is 1.49. The molecule has 0 aliphatic heterocycles. The van der Waals surface area contributed by atoms with E-state index < -0.39 is 0 Å². The topological polar surface area (TPSA) is 0 Å². The van der Waals surface area contributed by atoms with Gasteiger partial charge in [0.15, 0.2) is 0 Å². The van der Waals surface area contributed by atoms with E-state index in [1.807, 2.05) is 0 Å². The van der Waals surface area contributed by atoms with Crippen LogP contribution in [0.1, 0.15) is 23.6 Å². The molecule has 0 saturated heterocycles. The molecular formula is C11H13. The Morgan fingerprint density at radius 3 is 2.91 bits per heavy atom. The Morgan fingerprint density at radius 1 is 1.36 bits per heavy atom. The molecule has 1 radical (unpaired) electrons. The zero-order chi connectivity index (χ0) is 7.84. The summed E-state index contributed by atoms with van der Waals surface area (Å²) < 4.78 is 0. The molecule has 1 aliphatic rings. The lowest BCUT2D eigenvalue weighted by Crippen LogP contribution is -1.89. The second-order valence-corrected chi connectivity index (χ2v) is 3.49. The van der Waals surface area contributed by atoms with Crippen molar-refractivity contribution in [2.45, 2.75) is 20.3 Å². The molecule has 1 aromatic rings. The fourth-order valence-corrected chi connectivity index (χ4v) is 1.85. The van der Waals surface area contributed by atoms with Crippen LogP contribution >= 0.6 is 0 Å². The zero-order valence-electron chi connectivity index (χ0n) is 7.09. The number of hydrogen-bond acceptors (Lipinski definition) is 0. The van der Waals surface area contributed by atoms with Gasteiger partial charge in [0.25, 0.3) is 0 Å². The largest absolute Gasteiger partial charge is 0.0617 e. The third-order valence-electron chi connectivity index (χ3n) is 2.44. The maximum absolute atomic E-state index is 2.36. The zero-order valence-corrected chi connectivity index (χ0v) is 7.09. The maximum Gasteiger partial charge on any atom is -0.00586 e. The van der Waals surface area contributed by atoms with Gasteiger partial charge in [-0.1, -0.05) is 25.1 Å². The molecule has 0 heterocycles. The molecule has 0 saturated carbocycles. The molecule has 1 unspecified atom stereocenters. The summed E-state index contributed by atoms with van der Waals surface area (Å²) in [4.78, 5) is 0. The first-order valence-corrected chi connectivity index (χ1v) is 4.21. The first-order valence-electron chi connectivity index (χ1n) is 4.21. The van der Waals surface area contributed by atoms with Gasteiger partial charge in [-0.15, -0.1) is 0 Å². The summed E-state index contributed by atoms with van der Waals surface area (Å²) in [5, 5.41) is 0. The molecule has 0 heteroatoms. The van der Waals surface area contributed by atoms with Gasteiger partial charge in [-0.05, 0) is 42.4 Å². The van der Waals surface area contributed by atoms with Crippen molar-refractivity contribution in [1.29, 1.82) is 0 Å². The number of fused-ring (bicyclic) bond motifs is 1. The van der Waals surface area contributed by atoms with Crippen molar-refractivity contribution in [2.24, 2.45) is 5.92 Å². The number of aryl methyl sites for hydroxylation is 1. The second kappa shape index (κ2) is 2.37. The summed E-state index contributed by atoms with van der Waals surface area (Å²) in [6.07, 6.45) is 3.60. The van der Waals surface area contributed by atoms with Gasteiger partial charge in [0.1, 0.15) is 0 Å². The lowest BCUT2D eigenvalue weighted by molar-refractivity contribution is 0.724. The van der Waals surface area contributed by atoms with Crippen LogP contribution in [0.2, 0.25) is 0 Å². The highest BCUT2D eigenvalue weighted by molar-refractivity contribution is 5.43. The summed E-state index contributed by atoms with van der Waals surface area (Å²) in [7, 11) is 0. The maximum atomic E-state index is 2.36. The van der Waals surface area contributed by atoms with E-state index in [4.69, 9.17) is 0 Å². The highest BCUT2D eigenvalue weighted by Gasteiger charge is 2.18. The van der Waals surface area contributed by atoms with Crippen molar-refractivity contribution in [3.8, 4) is 0 Å². The number of rotatable bonds is 0. The fraction of sp³-hybridized carbons (Fsp3) is 0.364. The van der Waals surface area contributed by atoms with E-state index in [1.54, 1.807) is 5.56 Å². The van der Waals surface area contributed by atoms with Gasteiger partial charge < -0.3 is 0 Å². The van der Waals surface area contributed by atoms with E-state index in [2.05, 4.69) is 38.5 Å². The number of hydrogen-bond donors (Lipinski definition) is 0. The van der Waals surface area contributed by atoms with Crippen LogP contribution in [0.15, 0.2) is 18.2 Å². The third kappa shape index (κ3) is 1.07. The van der Waals surface area contributed by atoms with E-state index >= 15 is 0 Å². The van der Waals surface area contributed by atoms with E-state index in [0.29, 0.717) is 0 Å². The van der Waals surface area contributed by atoms with Crippen LogP contribution in [0.5, 0.6) is 0 Å². The summed E-state index contributed by atoms with van der Waals surface area (Å²) >= 11 is 0. The van der Waals surface area contributed by atoms with Crippen LogP contribution in [-0.2, 0) is 6.42 Å². The van der Waals surface area contributed by atoms with Crippen molar-refractivity contribution in [3.63, 3.8) is 0 Å². The van der Waals surface area contributed by atoms with Crippen molar-refractivity contribution >= 4 is 0 Å². The first kappa shape index (κ1) is 6.90. The van der Waals surface area contributed by atoms with Crippen molar-refractivity contribution in [2.75, 3.05) is 0 Å². The van der Waals surface area contributed by atoms with Crippen LogP contribution < -0.4 is 0 Å². The van der Waals surface area contributed by atoms with Gasteiger partial charge in [-0.3, -0.25) is 0 Å². The molecule has 0 bridgehead atoms. The Labute approximate surface area is 68.3 Å². The molecule has 1 atom stereocenters. The Bertz CT molecular complexity index is 273. The quantitative estimate of drug-likeness (QED) is 0.526. The summed E-state index contributed by atoms with van der Waals surface area (Å²) in [6.45, 7) is 4.48. The minimum absolute atomic E-state index is 0.742. The van der Waals surface area contributed by atoms with Crippen molar-refractivity contribution in [1.82, 2.24) is 0 Å². The normalized spacial score (nSPS) is 21.8. The predicted octanol–water partition coefficient (Wildman–Crippen LogP) is 2.74. The van der Waals surface area contributed by atoms with Crippen LogP contribution in [0.3, 0.4) is 0 Å². The highest BCUT2D eigenvalue weighted by Crippen LogP contribution is 2.29. The van der Waals surface area contributed by atoms with Gasteiger partial charge in [0.2, 0.25) is 0 Å². The molecular weight excluding hydrogens is 132 g/mol. The van der Waals surface area contributed by atoms with Gasteiger partial charge in [0.05, 0.1) is 0 Å². The molecule has 57 valence electrons. The first-order chi connectivity index (χ1) is 5.27. The van der Waals surface area contributed by atoms with E-state index in [9.17, 15) is 0 Å². The average molecular weight is 145 g/mol.